The molecule has 0 saturated carbocycles. The highest BCUT2D eigenvalue weighted by atomic mass is 16.5. The molecule has 110 valence electrons. The molecule has 0 saturated heterocycles. The number of ether oxygens (including phenoxy) is 2. The van der Waals surface area contributed by atoms with E-state index in [4.69, 9.17) is 9.47 Å². The second-order valence-electron chi connectivity index (χ2n) is 4.80. The van der Waals surface area contributed by atoms with E-state index in [0.29, 0.717) is 18.8 Å². The van der Waals surface area contributed by atoms with E-state index in [1.807, 2.05) is 13.8 Å². The predicted molar refractivity (Wildman–Crippen MR) is 79.1 cm³/mol. The number of carbonyl (C=O) groups is 1. The molecule has 1 atom stereocenters. The molecule has 1 aliphatic rings. The summed E-state index contributed by atoms with van der Waals surface area (Å²) in [4.78, 5) is 11.6. The summed E-state index contributed by atoms with van der Waals surface area (Å²) in [6.45, 7) is 15.0. The minimum atomic E-state index is -0.314. The molecular weight excluding hydrogens is 240 g/mol. The van der Waals surface area contributed by atoms with E-state index in [0.717, 1.165) is 18.4 Å². The maximum Gasteiger partial charge on any atom is 0.337 e. The van der Waals surface area contributed by atoms with E-state index in [1.54, 1.807) is 6.92 Å². The normalized spacial score (nSPS) is 19.1. The Bertz CT molecular complexity index is 329. The molecule has 0 bridgehead atoms. The van der Waals surface area contributed by atoms with Crippen LogP contribution in [0.25, 0.3) is 0 Å². The van der Waals surface area contributed by atoms with Gasteiger partial charge in [0.05, 0.1) is 24.9 Å². The summed E-state index contributed by atoms with van der Waals surface area (Å²) in [5.41, 5.74) is 2.67. The summed E-state index contributed by atoms with van der Waals surface area (Å²) in [6, 6.07) is 0. The number of hydrogen-bond acceptors (Lipinski definition) is 3. The first-order valence-electron chi connectivity index (χ1n) is 7.14. The molecule has 0 radical (unpaired) electrons. The van der Waals surface area contributed by atoms with Crippen molar-refractivity contribution in [2.24, 2.45) is 0 Å². The third-order valence-corrected chi connectivity index (χ3v) is 2.77. The summed E-state index contributed by atoms with van der Waals surface area (Å²) < 4.78 is 10.5. The number of carbonyl (C=O) groups excluding carboxylic acids is 1. The molecule has 0 aliphatic carbocycles. The van der Waals surface area contributed by atoms with Crippen molar-refractivity contribution in [3.8, 4) is 0 Å². The summed E-state index contributed by atoms with van der Waals surface area (Å²) >= 11 is 0. The molecule has 0 N–H and O–H groups in total. The molecule has 0 spiro atoms. The zero-order valence-corrected chi connectivity index (χ0v) is 13.0. The van der Waals surface area contributed by atoms with E-state index in [2.05, 4.69) is 20.4 Å². The molecule has 0 aromatic rings. The lowest BCUT2D eigenvalue weighted by atomic mass is 9.96. The van der Waals surface area contributed by atoms with Crippen LogP contribution < -0.4 is 0 Å². The van der Waals surface area contributed by atoms with Gasteiger partial charge in [0.25, 0.3) is 0 Å². The molecule has 1 rings (SSSR count). The van der Waals surface area contributed by atoms with Crippen LogP contribution >= 0.6 is 0 Å². The van der Waals surface area contributed by atoms with Crippen LogP contribution in [0.3, 0.4) is 0 Å². The highest BCUT2D eigenvalue weighted by Crippen LogP contribution is 2.26. The molecular formula is C16H28O3. The Labute approximate surface area is 117 Å². The second-order valence-corrected chi connectivity index (χ2v) is 4.80. The van der Waals surface area contributed by atoms with Gasteiger partial charge in [-0.1, -0.05) is 32.4 Å². The molecule has 1 aliphatic heterocycles. The van der Waals surface area contributed by atoms with Gasteiger partial charge in [-0.15, -0.1) is 0 Å². The summed E-state index contributed by atoms with van der Waals surface area (Å²) in [5.74, 6) is -0.314. The Balaban J connectivity index is 0.000000982. The number of rotatable bonds is 3. The van der Waals surface area contributed by atoms with Gasteiger partial charge in [0.1, 0.15) is 0 Å². The van der Waals surface area contributed by atoms with Crippen molar-refractivity contribution in [2.75, 3.05) is 13.2 Å². The standard InChI is InChI=1S/C13H20O3.C3H8/c1-5-15-13(14)11(4)12-8-10(3)16-7-6-9(12)2;1-3-2/h10H,4-8H2,1-3H3;3H2,1-2H3. The molecule has 0 amide bonds. The maximum atomic E-state index is 11.6. The van der Waals surface area contributed by atoms with Crippen LogP contribution in [-0.4, -0.2) is 25.3 Å². The first-order valence-corrected chi connectivity index (χ1v) is 7.14. The first-order chi connectivity index (χ1) is 8.97. The smallest absolute Gasteiger partial charge is 0.337 e. The van der Waals surface area contributed by atoms with Crippen molar-refractivity contribution in [2.45, 2.75) is 60.0 Å². The number of hydrogen-bond donors (Lipinski definition) is 0. The Morgan fingerprint density at radius 3 is 2.53 bits per heavy atom. The molecule has 3 heteroatoms. The quantitative estimate of drug-likeness (QED) is 0.572. The van der Waals surface area contributed by atoms with Gasteiger partial charge in [0.2, 0.25) is 0 Å². The third-order valence-electron chi connectivity index (χ3n) is 2.77. The first kappa shape index (κ1) is 17.9. The zero-order valence-electron chi connectivity index (χ0n) is 13.0. The lowest BCUT2D eigenvalue weighted by Crippen LogP contribution is -2.13. The van der Waals surface area contributed by atoms with Crippen molar-refractivity contribution in [3.05, 3.63) is 23.3 Å². The van der Waals surface area contributed by atoms with Gasteiger partial charge in [-0.3, -0.25) is 0 Å². The predicted octanol–water partition coefficient (Wildman–Crippen LogP) is 4.04. The largest absolute Gasteiger partial charge is 0.462 e. The highest BCUT2D eigenvalue weighted by molar-refractivity contribution is 5.92. The highest BCUT2D eigenvalue weighted by Gasteiger charge is 2.20. The van der Waals surface area contributed by atoms with E-state index >= 15 is 0 Å². The van der Waals surface area contributed by atoms with E-state index in [1.165, 1.54) is 12.0 Å². The topological polar surface area (TPSA) is 35.5 Å². The van der Waals surface area contributed by atoms with Crippen molar-refractivity contribution in [1.29, 1.82) is 0 Å². The van der Waals surface area contributed by atoms with Gasteiger partial charge < -0.3 is 9.47 Å². The van der Waals surface area contributed by atoms with Crippen LogP contribution in [0.5, 0.6) is 0 Å². The van der Waals surface area contributed by atoms with E-state index in [9.17, 15) is 4.79 Å². The molecule has 0 aromatic carbocycles. The summed E-state index contributed by atoms with van der Waals surface area (Å²) in [5, 5.41) is 0. The zero-order chi connectivity index (χ0) is 14.8. The van der Waals surface area contributed by atoms with Gasteiger partial charge in [-0.2, -0.15) is 0 Å². The van der Waals surface area contributed by atoms with Gasteiger partial charge in [-0.25, -0.2) is 4.79 Å². The van der Waals surface area contributed by atoms with Gasteiger partial charge in [-0.05, 0) is 39.2 Å². The van der Waals surface area contributed by atoms with Crippen LogP contribution in [0.2, 0.25) is 0 Å². The maximum absolute atomic E-state index is 11.6. The summed E-state index contributed by atoms with van der Waals surface area (Å²) in [6.07, 6.45) is 2.99. The fourth-order valence-electron chi connectivity index (χ4n) is 1.81. The molecule has 0 aromatic heterocycles. The molecule has 0 fully saturated rings. The van der Waals surface area contributed by atoms with Crippen molar-refractivity contribution in [3.63, 3.8) is 0 Å². The summed E-state index contributed by atoms with van der Waals surface area (Å²) in [7, 11) is 0. The fourth-order valence-corrected chi connectivity index (χ4v) is 1.81. The van der Waals surface area contributed by atoms with Crippen LogP contribution in [0.15, 0.2) is 23.3 Å². The van der Waals surface area contributed by atoms with Crippen LogP contribution in [0.4, 0.5) is 0 Å². The molecule has 1 heterocycles. The SMILES string of the molecule is C=C(C(=O)OCC)C1=C(C)CCOC(C)C1.CCC. The van der Waals surface area contributed by atoms with Crippen LogP contribution in [-0.2, 0) is 14.3 Å². The Hall–Kier alpha value is -1.09. The third kappa shape index (κ3) is 6.58. The average molecular weight is 268 g/mol. The minimum Gasteiger partial charge on any atom is -0.462 e. The van der Waals surface area contributed by atoms with Crippen molar-refractivity contribution >= 4 is 5.97 Å². The van der Waals surface area contributed by atoms with Gasteiger partial charge in [0.15, 0.2) is 0 Å². The van der Waals surface area contributed by atoms with Gasteiger partial charge >= 0.3 is 5.97 Å². The molecule has 1 unspecified atom stereocenters. The van der Waals surface area contributed by atoms with Crippen molar-refractivity contribution < 1.29 is 14.3 Å². The van der Waals surface area contributed by atoms with Crippen LogP contribution in [0.1, 0.15) is 53.9 Å². The lowest BCUT2D eigenvalue weighted by Gasteiger charge is -2.13. The fraction of sp³-hybridized carbons (Fsp3) is 0.688. The Morgan fingerprint density at radius 1 is 1.42 bits per heavy atom. The Kier molecular flexibility index (Phi) is 9.23. The van der Waals surface area contributed by atoms with E-state index < -0.39 is 0 Å². The molecule has 19 heavy (non-hydrogen) atoms. The Morgan fingerprint density at radius 2 is 2.00 bits per heavy atom. The monoisotopic (exact) mass is 268 g/mol. The lowest BCUT2D eigenvalue weighted by molar-refractivity contribution is -0.138. The second kappa shape index (κ2) is 9.79. The van der Waals surface area contributed by atoms with Crippen molar-refractivity contribution in [1.82, 2.24) is 0 Å². The molecule has 3 nitrogen and oxygen atoms in total. The van der Waals surface area contributed by atoms with E-state index in [-0.39, 0.29) is 12.1 Å². The average Bonchev–Trinajstić information content (AvgIpc) is 2.51. The minimum absolute atomic E-state index is 0.138. The van der Waals surface area contributed by atoms with Gasteiger partial charge in [0, 0.05) is 0 Å². The number of esters is 1. The van der Waals surface area contributed by atoms with Crippen LogP contribution in [0, 0.1) is 0 Å².